The molecule has 0 radical (unpaired) electrons. The number of hydrogen-bond acceptors (Lipinski definition) is 3. The standard InChI is InChI=1S/C18H29NOS/c1-3-18(14-20,19-17-9-10-17)11-6-12-21-13-16-8-5-4-7-15(16)2/h4-5,7-8,17,19-20H,3,6,9-14H2,1-2H3. The van der Waals surface area contributed by atoms with E-state index in [1.807, 2.05) is 11.8 Å². The molecule has 0 saturated heterocycles. The van der Waals surface area contributed by atoms with Crippen molar-refractivity contribution in [1.82, 2.24) is 5.32 Å². The number of rotatable bonds is 10. The fourth-order valence-corrected chi connectivity index (χ4v) is 3.75. The zero-order valence-electron chi connectivity index (χ0n) is 13.4. The molecule has 1 aliphatic rings. The van der Waals surface area contributed by atoms with Crippen molar-refractivity contribution in [3.8, 4) is 0 Å². The molecule has 1 saturated carbocycles. The quantitative estimate of drug-likeness (QED) is 0.643. The van der Waals surface area contributed by atoms with Crippen LogP contribution in [0.25, 0.3) is 0 Å². The lowest BCUT2D eigenvalue weighted by Gasteiger charge is -2.32. The molecule has 0 aliphatic heterocycles. The van der Waals surface area contributed by atoms with Gasteiger partial charge in [0.25, 0.3) is 0 Å². The van der Waals surface area contributed by atoms with Crippen LogP contribution in [-0.4, -0.2) is 29.0 Å². The lowest BCUT2D eigenvalue weighted by atomic mass is 9.91. The predicted molar refractivity (Wildman–Crippen MR) is 92.8 cm³/mol. The second-order valence-corrected chi connectivity index (χ2v) is 7.40. The van der Waals surface area contributed by atoms with Crippen LogP contribution in [0.15, 0.2) is 24.3 Å². The fraction of sp³-hybridized carbons (Fsp3) is 0.667. The first-order chi connectivity index (χ1) is 10.2. The van der Waals surface area contributed by atoms with Crippen LogP contribution in [-0.2, 0) is 5.75 Å². The van der Waals surface area contributed by atoms with Crippen molar-refractivity contribution in [2.45, 2.75) is 63.3 Å². The lowest BCUT2D eigenvalue weighted by Crippen LogP contribution is -2.49. The minimum atomic E-state index is -0.0373. The van der Waals surface area contributed by atoms with Gasteiger partial charge in [-0.25, -0.2) is 0 Å². The predicted octanol–water partition coefficient (Wildman–Crippen LogP) is 3.90. The molecule has 2 rings (SSSR count). The van der Waals surface area contributed by atoms with Crippen molar-refractivity contribution >= 4 is 11.8 Å². The van der Waals surface area contributed by atoms with Crippen LogP contribution in [0.5, 0.6) is 0 Å². The van der Waals surface area contributed by atoms with E-state index in [0.717, 1.165) is 18.6 Å². The third kappa shape index (κ3) is 5.32. The molecule has 1 fully saturated rings. The zero-order valence-corrected chi connectivity index (χ0v) is 14.2. The van der Waals surface area contributed by atoms with Crippen LogP contribution in [0.4, 0.5) is 0 Å². The molecule has 1 aromatic carbocycles. The number of aliphatic hydroxyl groups is 1. The third-order valence-electron chi connectivity index (χ3n) is 4.53. The van der Waals surface area contributed by atoms with Crippen molar-refractivity contribution in [3.05, 3.63) is 35.4 Å². The van der Waals surface area contributed by atoms with Gasteiger partial charge < -0.3 is 10.4 Å². The van der Waals surface area contributed by atoms with Gasteiger partial charge in [-0.1, -0.05) is 31.2 Å². The van der Waals surface area contributed by atoms with Gasteiger partial charge in [0.2, 0.25) is 0 Å². The molecule has 118 valence electrons. The second kappa shape index (κ2) is 8.21. The number of nitrogens with one attached hydrogen (secondary N) is 1. The highest BCUT2D eigenvalue weighted by atomic mass is 32.2. The van der Waals surface area contributed by atoms with Crippen molar-refractivity contribution in [2.75, 3.05) is 12.4 Å². The van der Waals surface area contributed by atoms with E-state index in [2.05, 4.69) is 43.4 Å². The molecular weight excluding hydrogens is 278 g/mol. The Labute approximate surface area is 133 Å². The summed E-state index contributed by atoms with van der Waals surface area (Å²) in [5.41, 5.74) is 2.80. The van der Waals surface area contributed by atoms with Crippen molar-refractivity contribution < 1.29 is 5.11 Å². The lowest BCUT2D eigenvalue weighted by molar-refractivity contribution is 0.144. The molecule has 0 amide bonds. The maximum Gasteiger partial charge on any atom is 0.0613 e. The molecule has 0 bridgehead atoms. The number of thioether (sulfide) groups is 1. The van der Waals surface area contributed by atoms with E-state index in [4.69, 9.17) is 0 Å². The number of hydrogen-bond donors (Lipinski definition) is 2. The van der Waals surface area contributed by atoms with Gasteiger partial charge in [0.15, 0.2) is 0 Å². The van der Waals surface area contributed by atoms with Gasteiger partial charge in [-0.15, -0.1) is 0 Å². The normalized spacial score (nSPS) is 17.7. The minimum absolute atomic E-state index is 0.0373. The summed E-state index contributed by atoms with van der Waals surface area (Å²) < 4.78 is 0. The van der Waals surface area contributed by atoms with Crippen molar-refractivity contribution in [1.29, 1.82) is 0 Å². The Bertz CT molecular complexity index is 427. The first-order valence-corrected chi connectivity index (χ1v) is 9.35. The molecule has 0 heterocycles. The average molecular weight is 308 g/mol. The zero-order chi connectivity index (χ0) is 15.1. The Kier molecular flexibility index (Phi) is 6.59. The van der Waals surface area contributed by atoms with Crippen LogP contribution in [0, 0.1) is 6.92 Å². The molecule has 0 aromatic heterocycles. The van der Waals surface area contributed by atoms with Gasteiger partial charge in [0.05, 0.1) is 6.61 Å². The van der Waals surface area contributed by atoms with E-state index >= 15 is 0 Å². The molecule has 2 N–H and O–H groups in total. The first kappa shape index (κ1) is 16.9. The van der Waals surface area contributed by atoms with Gasteiger partial charge in [-0.3, -0.25) is 0 Å². The van der Waals surface area contributed by atoms with Crippen LogP contribution in [0.1, 0.15) is 50.2 Å². The molecule has 1 unspecified atom stereocenters. The summed E-state index contributed by atoms with van der Waals surface area (Å²) in [6.45, 7) is 4.64. The van der Waals surface area contributed by atoms with Crippen LogP contribution in [0.3, 0.4) is 0 Å². The number of aliphatic hydroxyl groups excluding tert-OH is 1. The Hall–Kier alpha value is -0.510. The average Bonchev–Trinajstić information content (AvgIpc) is 3.31. The molecule has 3 heteroatoms. The van der Waals surface area contributed by atoms with E-state index in [1.165, 1.54) is 36.1 Å². The highest BCUT2D eigenvalue weighted by molar-refractivity contribution is 7.98. The topological polar surface area (TPSA) is 32.3 Å². The fourth-order valence-electron chi connectivity index (χ4n) is 2.71. The summed E-state index contributed by atoms with van der Waals surface area (Å²) in [6, 6.07) is 9.29. The molecule has 21 heavy (non-hydrogen) atoms. The van der Waals surface area contributed by atoms with Gasteiger partial charge in [-0.2, -0.15) is 11.8 Å². The van der Waals surface area contributed by atoms with Gasteiger partial charge >= 0.3 is 0 Å². The largest absolute Gasteiger partial charge is 0.394 e. The Morgan fingerprint density at radius 1 is 1.33 bits per heavy atom. The summed E-state index contributed by atoms with van der Waals surface area (Å²) in [4.78, 5) is 0. The summed E-state index contributed by atoms with van der Waals surface area (Å²) in [5.74, 6) is 2.27. The highest BCUT2D eigenvalue weighted by Gasteiger charge is 2.33. The highest BCUT2D eigenvalue weighted by Crippen LogP contribution is 2.27. The van der Waals surface area contributed by atoms with Crippen LogP contribution in [0.2, 0.25) is 0 Å². The second-order valence-electron chi connectivity index (χ2n) is 6.29. The Morgan fingerprint density at radius 3 is 2.71 bits per heavy atom. The van der Waals surface area contributed by atoms with Crippen molar-refractivity contribution in [3.63, 3.8) is 0 Å². The summed E-state index contributed by atoms with van der Waals surface area (Å²) in [7, 11) is 0. The van der Waals surface area contributed by atoms with Gasteiger partial charge in [0.1, 0.15) is 0 Å². The molecule has 1 atom stereocenters. The minimum Gasteiger partial charge on any atom is -0.394 e. The van der Waals surface area contributed by atoms with Gasteiger partial charge in [-0.05, 0) is 55.9 Å². The maximum atomic E-state index is 9.75. The molecule has 1 aliphatic carbocycles. The van der Waals surface area contributed by atoms with Crippen LogP contribution < -0.4 is 5.32 Å². The number of benzene rings is 1. The monoisotopic (exact) mass is 307 g/mol. The molecular formula is C18H29NOS. The third-order valence-corrected chi connectivity index (χ3v) is 5.62. The molecule has 1 aromatic rings. The molecule has 2 nitrogen and oxygen atoms in total. The Morgan fingerprint density at radius 2 is 2.10 bits per heavy atom. The summed E-state index contributed by atoms with van der Waals surface area (Å²) >= 11 is 2.01. The smallest absolute Gasteiger partial charge is 0.0613 e. The summed E-state index contributed by atoms with van der Waals surface area (Å²) in [6.07, 6.45) is 5.83. The van der Waals surface area contributed by atoms with E-state index in [1.54, 1.807) is 0 Å². The SMILES string of the molecule is CCC(CO)(CCCSCc1ccccc1C)NC1CC1. The van der Waals surface area contributed by atoms with Crippen molar-refractivity contribution in [2.24, 2.45) is 0 Å². The van der Waals surface area contributed by atoms with Crippen LogP contribution >= 0.6 is 11.8 Å². The van der Waals surface area contributed by atoms with E-state index in [0.29, 0.717) is 6.04 Å². The first-order valence-electron chi connectivity index (χ1n) is 8.20. The van der Waals surface area contributed by atoms with E-state index < -0.39 is 0 Å². The Balaban J connectivity index is 1.69. The molecule has 0 spiro atoms. The number of aryl methyl sites for hydroxylation is 1. The van der Waals surface area contributed by atoms with E-state index in [9.17, 15) is 5.11 Å². The maximum absolute atomic E-state index is 9.75. The summed E-state index contributed by atoms with van der Waals surface area (Å²) in [5, 5.41) is 13.4. The van der Waals surface area contributed by atoms with Gasteiger partial charge in [0, 0.05) is 17.3 Å². The van der Waals surface area contributed by atoms with E-state index in [-0.39, 0.29) is 12.1 Å².